The van der Waals surface area contributed by atoms with Crippen LogP contribution in [0.4, 0.5) is 5.69 Å². The van der Waals surface area contributed by atoms with Crippen molar-refractivity contribution >= 4 is 40.5 Å². The Labute approximate surface area is 192 Å². The number of aliphatic hydroxyl groups excluding tert-OH is 1. The molecule has 1 fully saturated rings. The lowest BCUT2D eigenvalue weighted by atomic mass is 9.58. The highest BCUT2D eigenvalue weighted by molar-refractivity contribution is 6.29. The highest BCUT2D eigenvalue weighted by atomic mass is 16.5. The van der Waals surface area contributed by atoms with E-state index in [9.17, 15) is 34.3 Å². The van der Waals surface area contributed by atoms with Crippen LogP contribution in [-0.4, -0.2) is 39.8 Å². The molecule has 4 atom stereocenters. The number of fused-ring (bicyclic) bond motifs is 3. The van der Waals surface area contributed by atoms with Crippen molar-refractivity contribution in [3.8, 4) is 5.75 Å². The number of hydrogen-bond donors (Lipinski definition) is 4. The zero-order valence-electron chi connectivity index (χ0n) is 18.0. The summed E-state index contributed by atoms with van der Waals surface area (Å²) in [5, 5.41) is 24.3. The van der Waals surface area contributed by atoms with Crippen LogP contribution in [0.2, 0.25) is 0 Å². The van der Waals surface area contributed by atoms with Gasteiger partial charge in [-0.1, -0.05) is 19.6 Å². The number of phenols is 1. The van der Waals surface area contributed by atoms with E-state index in [4.69, 9.17) is 16.2 Å². The van der Waals surface area contributed by atoms with E-state index in [1.165, 1.54) is 12.1 Å². The van der Waals surface area contributed by atoms with E-state index in [0.717, 1.165) is 0 Å². The maximum atomic E-state index is 13.6. The molecule has 0 saturated heterocycles. The van der Waals surface area contributed by atoms with Crippen molar-refractivity contribution in [2.45, 2.75) is 25.9 Å². The Morgan fingerprint density at radius 3 is 2.47 bits per heavy atom. The normalized spacial score (nSPS) is 26.0. The van der Waals surface area contributed by atoms with Crippen LogP contribution in [-0.2, 0) is 23.9 Å². The number of ketones is 2. The topological polar surface area (TPSA) is 199 Å². The van der Waals surface area contributed by atoms with E-state index >= 15 is 0 Å². The molecular weight excluding hydrogens is 446 g/mol. The second-order valence-corrected chi connectivity index (χ2v) is 8.35. The summed E-state index contributed by atoms with van der Waals surface area (Å²) in [7, 11) is 0. The summed E-state index contributed by atoms with van der Waals surface area (Å²) >= 11 is 0. The number of allylic oxidation sites excluding steroid dienone is 1. The van der Waals surface area contributed by atoms with Crippen molar-refractivity contribution in [3.63, 3.8) is 0 Å². The first kappa shape index (κ1) is 22.9. The lowest BCUT2D eigenvalue weighted by Gasteiger charge is -2.46. The number of aromatic hydroxyl groups is 1. The molecule has 1 saturated carbocycles. The van der Waals surface area contributed by atoms with Crippen molar-refractivity contribution < 1.29 is 34.1 Å². The number of amides is 1. The van der Waals surface area contributed by atoms with E-state index in [-0.39, 0.29) is 40.8 Å². The number of Topliss-reactive ketones (excluding diaryl/α,β-unsaturated/α-hetero) is 2. The Hall–Kier alpha value is -4.28. The van der Waals surface area contributed by atoms with E-state index in [1.54, 1.807) is 6.92 Å². The zero-order chi connectivity index (χ0) is 25.1. The van der Waals surface area contributed by atoms with Crippen LogP contribution in [0.5, 0.6) is 5.75 Å². The molecule has 11 nitrogen and oxygen atoms in total. The Bertz CT molecular complexity index is 1280. The molecule has 0 radical (unpaired) electrons. The largest absolute Gasteiger partial charge is 0.507 e. The second kappa shape index (κ2) is 7.94. The zero-order valence-corrected chi connectivity index (χ0v) is 18.0. The number of nitroso groups, excluding NO2 is 1. The molecule has 1 amide bonds. The summed E-state index contributed by atoms with van der Waals surface area (Å²) in [6.07, 6.45) is -1.57. The molecule has 1 aromatic carbocycles. The number of benzene rings is 1. The molecule has 4 rings (SSSR count). The minimum atomic E-state index is -1.58. The standard InChI is InChI=1S/C23H21N3O8/c1-3-12(27)34-22-9-6-11(26-33)16(23(25)32)19(29)15(9)21(31)17-13(22)7(2)8-4-5-10(24)18(28)14(8)20(17)30/h4-5,9,13,15,22,28,30H,2-3,6,24H2,1H3,(H2,25,32)/t9-,13+,15?,22+/m0/s1. The van der Waals surface area contributed by atoms with Gasteiger partial charge in [-0.25, -0.2) is 0 Å². The molecule has 1 unspecified atom stereocenters. The molecule has 0 spiro atoms. The number of phenolic OH excluding ortho intramolecular Hbond substituents is 1. The number of rotatable bonds is 4. The highest BCUT2D eigenvalue weighted by Crippen LogP contribution is 2.54. The predicted octanol–water partition coefficient (Wildman–Crippen LogP) is 1.50. The fraction of sp³-hybridized carbons (Fsp3) is 0.304. The summed E-state index contributed by atoms with van der Waals surface area (Å²) in [5.41, 5.74) is 9.87. The van der Waals surface area contributed by atoms with Gasteiger partial charge in [0.2, 0.25) is 0 Å². The lowest BCUT2D eigenvalue weighted by molar-refractivity contribution is -0.160. The number of esters is 1. The first-order valence-corrected chi connectivity index (χ1v) is 10.4. The van der Waals surface area contributed by atoms with Gasteiger partial charge in [-0.2, -0.15) is 0 Å². The van der Waals surface area contributed by atoms with E-state index in [0.29, 0.717) is 0 Å². The van der Waals surface area contributed by atoms with Crippen LogP contribution in [0.1, 0.15) is 30.9 Å². The molecule has 0 bridgehead atoms. The van der Waals surface area contributed by atoms with Gasteiger partial charge in [-0.3, -0.25) is 19.2 Å². The summed E-state index contributed by atoms with van der Waals surface area (Å²) in [5.74, 6) is -8.65. The monoisotopic (exact) mass is 467 g/mol. The Morgan fingerprint density at radius 1 is 1.21 bits per heavy atom. The number of anilines is 1. The number of carbonyl (C=O) groups is 4. The second-order valence-electron chi connectivity index (χ2n) is 8.35. The van der Waals surface area contributed by atoms with Crippen molar-refractivity contribution in [2.24, 2.45) is 28.7 Å². The maximum absolute atomic E-state index is 13.6. The van der Waals surface area contributed by atoms with Gasteiger partial charge in [0.05, 0.1) is 23.1 Å². The molecule has 6 N–H and O–H groups in total. The van der Waals surface area contributed by atoms with Crippen LogP contribution < -0.4 is 11.5 Å². The molecular formula is C23H21N3O8. The lowest BCUT2D eigenvalue weighted by Crippen LogP contribution is -2.54. The maximum Gasteiger partial charge on any atom is 0.305 e. The number of hydrogen-bond acceptors (Lipinski definition) is 10. The predicted molar refractivity (Wildman–Crippen MR) is 118 cm³/mol. The quantitative estimate of drug-likeness (QED) is 0.126. The third kappa shape index (κ3) is 3.04. The van der Waals surface area contributed by atoms with Gasteiger partial charge in [-0.15, -0.1) is 4.91 Å². The molecule has 0 aromatic heterocycles. The van der Waals surface area contributed by atoms with Gasteiger partial charge in [-0.05, 0) is 22.4 Å². The molecule has 176 valence electrons. The SMILES string of the molecule is C=C1c2ccc(N)c(O)c2C(O)=C2C(=O)C3C(=O)C(C(N)=O)=C(N=O)C[C@@H]3[C@@H](OC(=O)CC)[C@H]12. The number of nitrogen functional groups attached to an aromatic ring is 1. The highest BCUT2D eigenvalue weighted by Gasteiger charge is 2.58. The van der Waals surface area contributed by atoms with Gasteiger partial charge < -0.3 is 26.4 Å². The number of aliphatic hydroxyl groups is 1. The van der Waals surface area contributed by atoms with Crippen LogP contribution in [0.25, 0.3) is 11.3 Å². The Kier molecular flexibility index (Phi) is 5.35. The third-order valence-corrected chi connectivity index (χ3v) is 6.62. The summed E-state index contributed by atoms with van der Waals surface area (Å²) in [4.78, 5) is 62.4. The smallest absolute Gasteiger partial charge is 0.305 e. The molecule has 3 aliphatic rings. The number of nitrogens with zero attached hydrogens (tertiary/aromatic N) is 1. The van der Waals surface area contributed by atoms with Crippen molar-refractivity contribution in [3.05, 3.63) is 51.6 Å². The fourth-order valence-corrected chi connectivity index (χ4v) is 5.08. The van der Waals surface area contributed by atoms with Gasteiger partial charge in [0.25, 0.3) is 5.91 Å². The van der Waals surface area contributed by atoms with E-state index < -0.39 is 70.1 Å². The van der Waals surface area contributed by atoms with Gasteiger partial charge in [0, 0.05) is 24.3 Å². The number of nitrogens with two attached hydrogens (primary N) is 2. The van der Waals surface area contributed by atoms with Gasteiger partial charge >= 0.3 is 5.97 Å². The third-order valence-electron chi connectivity index (χ3n) is 6.62. The fourth-order valence-electron chi connectivity index (χ4n) is 5.08. The minimum Gasteiger partial charge on any atom is -0.507 e. The van der Waals surface area contributed by atoms with Gasteiger partial charge in [0.1, 0.15) is 28.9 Å². The molecule has 0 heterocycles. The van der Waals surface area contributed by atoms with Crippen molar-refractivity contribution in [1.82, 2.24) is 0 Å². The molecule has 11 heteroatoms. The van der Waals surface area contributed by atoms with Crippen LogP contribution >= 0.6 is 0 Å². The van der Waals surface area contributed by atoms with Crippen LogP contribution in [0, 0.1) is 22.7 Å². The summed E-state index contributed by atoms with van der Waals surface area (Å²) in [6.45, 7) is 5.55. The van der Waals surface area contributed by atoms with E-state index in [2.05, 4.69) is 11.8 Å². The average molecular weight is 467 g/mol. The Morgan fingerprint density at radius 2 is 1.88 bits per heavy atom. The number of carbonyl (C=O) groups excluding carboxylic acids is 4. The molecule has 1 aromatic rings. The first-order chi connectivity index (χ1) is 16.0. The summed E-state index contributed by atoms with van der Waals surface area (Å²) in [6, 6.07) is 2.88. The Balaban J connectivity index is 2.00. The molecule has 3 aliphatic carbocycles. The van der Waals surface area contributed by atoms with Crippen molar-refractivity contribution in [1.29, 1.82) is 0 Å². The molecule has 34 heavy (non-hydrogen) atoms. The number of ether oxygens (including phenoxy) is 1. The van der Waals surface area contributed by atoms with Crippen molar-refractivity contribution in [2.75, 3.05) is 5.73 Å². The summed E-state index contributed by atoms with van der Waals surface area (Å²) < 4.78 is 5.63. The average Bonchev–Trinajstić information content (AvgIpc) is 2.79. The minimum absolute atomic E-state index is 0.0327. The number of primary amides is 1. The van der Waals surface area contributed by atoms with Crippen LogP contribution in [0.15, 0.2) is 40.7 Å². The van der Waals surface area contributed by atoms with Gasteiger partial charge in [0.15, 0.2) is 11.6 Å². The van der Waals surface area contributed by atoms with E-state index in [1.807, 2.05) is 0 Å². The first-order valence-electron chi connectivity index (χ1n) is 10.4. The molecule has 0 aliphatic heterocycles. The van der Waals surface area contributed by atoms with Crippen LogP contribution in [0.3, 0.4) is 0 Å².